The van der Waals surface area contributed by atoms with Crippen molar-refractivity contribution in [1.29, 1.82) is 0 Å². The third-order valence-electron chi connectivity index (χ3n) is 6.41. The first kappa shape index (κ1) is 32.5. The SMILES string of the molecule is O=C(CN(C(=O)c1ccc(Cl)c(Cl)c1)N1C(=O)c2c(Br)c(Br)c(Br)c(Br)c2C1=O)c1ccc(OC(=O)c2ccccc2)cc1. The number of Topliss-reactive ketones (excluding diaryl/α,β-unsaturated/α-hetero) is 1. The number of ketones is 1. The molecular formula is C30H14Br4Cl2N2O6. The van der Waals surface area contributed by atoms with E-state index in [2.05, 4.69) is 63.7 Å². The van der Waals surface area contributed by atoms with Gasteiger partial charge in [-0.05, 0) is 118 Å². The number of carbonyl (C=O) groups excluding carboxylic acids is 5. The molecule has 0 aliphatic carbocycles. The molecule has 0 aromatic heterocycles. The van der Waals surface area contributed by atoms with E-state index in [1.54, 1.807) is 30.3 Å². The third-order valence-corrected chi connectivity index (χ3v) is 11.9. The number of nitrogens with zero attached hydrogens (tertiary/aromatic N) is 2. The van der Waals surface area contributed by atoms with Crippen molar-refractivity contribution < 1.29 is 28.7 Å². The number of imide groups is 1. The fourth-order valence-electron chi connectivity index (χ4n) is 4.24. The van der Waals surface area contributed by atoms with Gasteiger partial charge in [0.2, 0.25) is 0 Å². The Balaban J connectivity index is 1.48. The number of carbonyl (C=O) groups is 5. The van der Waals surface area contributed by atoms with Crippen LogP contribution in [0.4, 0.5) is 0 Å². The highest BCUT2D eigenvalue weighted by Gasteiger charge is 2.46. The van der Waals surface area contributed by atoms with Crippen LogP contribution in [-0.4, -0.2) is 46.0 Å². The van der Waals surface area contributed by atoms with Gasteiger partial charge in [0, 0.05) is 29.0 Å². The summed E-state index contributed by atoms with van der Waals surface area (Å²) in [6, 6.07) is 18.1. The number of esters is 1. The smallest absolute Gasteiger partial charge is 0.343 e. The summed E-state index contributed by atoms with van der Waals surface area (Å²) in [5.74, 6) is -3.54. The van der Waals surface area contributed by atoms with E-state index in [0.717, 1.165) is 5.01 Å². The van der Waals surface area contributed by atoms with Crippen molar-refractivity contribution in [3.63, 3.8) is 0 Å². The average Bonchev–Trinajstić information content (AvgIpc) is 3.28. The highest BCUT2D eigenvalue weighted by atomic mass is 79.9. The lowest BCUT2D eigenvalue weighted by atomic mass is 10.1. The number of halogens is 6. The van der Waals surface area contributed by atoms with Crippen LogP contribution in [0.3, 0.4) is 0 Å². The van der Waals surface area contributed by atoms with Crippen LogP contribution in [0.15, 0.2) is 90.7 Å². The fourth-order valence-corrected chi connectivity index (χ4v) is 7.00. The van der Waals surface area contributed by atoms with Gasteiger partial charge in [-0.15, -0.1) is 0 Å². The van der Waals surface area contributed by atoms with Crippen molar-refractivity contribution in [2.24, 2.45) is 0 Å². The Hall–Kier alpha value is -2.87. The Morgan fingerprint density at radius 3 is 1.77 bits per heavy atom. The Bertz CT molecular complexity index is 1840. The molecule has 0 bridgehead atoms. The summed E-state index contributed by atoms with van der Waals surface area (Å²) >= 11 is 25.6. The Labute approximate surface area is 293 Å². The van der Waals surface area contributed by atoms with Crippen LogP contribution in [0.25, 0.3) is 0 Å². The summed E-state index contributed by atoms with van der Waals surface area (Å²) in [6.45, 7) is -0.703. The van der Waals surface area contributed by atoms with Gasteiger partial charge in [0.25, 0.3) is 17.7 Å². The average molecular weight is 889 g/mol. The summed E-state index contributed by atoms with van der Waals surface area (Å²) in [4.78, 5) is 67.2. The molecule has 0 saturated heterocycles. The molecule has 0 fully saturated rings. The number of hydrogen-bond acceptors (Lipinski definition) is 6. The Morgan fingerprint density at radius 2 is 1.23 bits per heavy atom. The van der Waals surface area contributed by atoms with E-state index in [-0.39, 0.29) is 47.0 Å². The minimum absolute atomic E-state index is 0.0130. The lowest BCUT2D eigenvalue weighted by molar-refractivity contribution is 0.00526. The molecule has 1 aliphatic rings. The Morgan fingerprint density at radius 1 is 0.682 bits per heavy atom. The Kier molecular flexibility index (Phi) is 9.78. The second-order valence-electron chi connectivity index (χ2n) is 9.12. The second kappa shape index (κ2) is 13.2. The standard InChI is InChI=1S/C30H14Br4Cl2N2O6/c31-23-21-22(24(32)26(34)25(23)33)29(42)38(28(21)41)37(27(40)16-8-11-18(35)19(36)12-16)13-20(39)14-6-9-17(10-7-14)44-30(43)15-4-2-1-3-5-15/h1-12H,13H2. The number of amides is 3. The molecule has 0 unspecified atom stereocenters. The summed E-state index contributed by atoms with van der Waals surface area (Å²) in [5.41, 5.74) is 0.428. The molecule has 44 heavy (non-hydrogen) atoms. The van der Waals surface area contributed by atoms with Gasteiger partial charge in [0.1, 0.15) is 12.3 Å². The van der Waals surface area contributed by atoms with E-state index in [1.807, 2.05) is 0 Å². The second-order valence-corrected chi connectivity index (χ2v) is 13.1. The predicted octanol–water partition coefficient (Wildman–Crippen LogP) is 8.80. The normalized spacial score (nSPS) is 12.3. The third kappa shape index (κ3) is 6.16. The van der Waals surface area contributed by atoms with Crippen molar-refractivity contribution in [3.05, 3.63) is 129 Å². The number of ether oxygens (including phenoxy) is 1. The molecule has 1 heterocycles. The number of fused-ring (bicyclic) bond motifs is 1. The molecule has 1 aliphatic heterocycles. The molecule has 0 atom stereocenters. The molecule has 14 heteroatoms. The maximum absolute atomic E-state index is 13.8. The van der Waals surface area contributed by atoms with Crippen molar-refractivity contribution in [2.45, 2.75) is 0 Å². The molecule has 4 aromatic carbocycles. The van der Waals surface area contributed by atoms with E-state index in [1.165, 1.54) is 42.5 Å². The van der Waals surface area contributed by atoms with Crippen LogP contribution < -0.4 is 4.74 Å². The summed E-state index contributed by atoms with van der Waals surface area (Å²) in [6.07, 6.45) is 0. The minimum Gasteiger partial charge on any atom is -0.423 e. The first-order valence-corrected chi connectivity index (χ1v) is 16.3. The number of rotatable bonds is 7. The molecule has 0 N–H and O–H groups in total. The van der Waals surface area contributed by atoms with E-state index in [0.29, 0.717) is 19.5 Å². The zero-order chi connectivity index (χ0) is 31.9. The van der Waals surface area contributed by atoms with Crippen molar-refractivity contribution in [1.82, 2.24) is 10.0 Å². The molecule has 4 aromatic rings. The maximum atomic E-state index is 13.8. The van der Waals surface area contributed by atoms with Gasteiger partial charge in [0.15, 0.2) is 5.78 Å². The quantitative estimate of drug-likeness (QED) is 0.0460. The van der Waals surface area contributed by atoms with Gasteiger partial charge in [-0.3, -0.25) is 19.2 Å². The monoisotopic (exact) mass is 884 g/mol. The highest BCUT2D eigenvalue weighted by molar-refractivity contribution is 9.15. The molecule has 8 nitrogen and oxygen atoms in total. The summed E-state index contributed by atoms with van der Waals surface area (Å²) in [5, 5.41) is 1.63. The highest BCUT2D eigenvalue weighted by Crippen LogP contribution is 2.45. The van der Waals surface area contributed by atoms with Crippen molar-refractivity contribution >= 4 is 116 Å². The minimum atomic E-state index is -0.856. The van der Waals surface area contributed by atoms with Crippen molar-refractivity contribution in [3.8, 4) is 5.75 Å². The van der Waals surface area contributed by atoms with Gasteiger partial charge in [-0.2, -0.15) is 5.01 Å². The van der Waals surface area contributed by atoms with Gasteiger partial charge >= 0.3 is 5.97 Å². The molecule has 0 radical (unpaired) electrons. The molecule has 5 rings (SSSR count). The fraction of sp³-hybridized carbons (Fsp3) is 0.0333. The van der Waals surface area contributed by atoms with Crippen LogP contribution >= 0.6 is 86.9 Å². The van der Waals surface area contributed by atoms with Crippen LogP contribution in [0.5, 0.6) is 5.75 Å². The van der Waals surface area contributed by atoms with Crippen LogP contribution in [0.2, 0.25) is 10.0 Å². The summed E-state index contributed by atoms with van der Waals surface area (Å²) < 4.78 is 6.83. The topological polar surface area (TPSA) is 101 Å². The summed E-state index contributed by atoms with van der Waals surface area (Å²) in [7, 11) is 0. The zero-order valence-electron chi connectivity index (χ0n) is 21.7. The predicted molar refractivity (Wildman–Crippen MR) is 177 cm³/mol. The van der Waals surface area contributed by atoms with Crippen LogP contribution in [0, 0.1) is 0 Å². The molecule has 3 amide bonds. The van der Waals surface area contributed by atoms with Gasteiger partial charge < -0.3 is 4.74 Å². The molecular weight excluding hydrogens is 875 g/mol. The van der Waals surface area contributed by atoms with E-state index in [4.69, 9.17) is 27.9 Å². The van der Waals surface area contributed by atoms with E-state index in [9.17, 15) is 24.0 Å². The number of hydrazine groups is 1. The number of hydrogen-bond donors (Lipinski definition) is 0. The molecule has 222 valence electrons. The van der Waals surface area contributed by atoms with Gasteiger partial charge in [-0.1, -0.05) is 41.4 Å². The molecule has 0 saturated carbocycles. The molecule has 0 spiro atoms. The largest absolute Gasteiger partial charge is 0.423 e. The first-order chi connectivity index (χ1) is 20.9. The van der Waals surface area contributed by atoms with Gasteiger partial charge in [-0.25, -0.2) is 9.80 Å². The first-order valence-electron chi connectivity index (χ1n) is 12.3. The van der Waals surface area contributed by atoms with Crippen LogP contribution in [0.1, 0.15) is 51.8 Å². The van der Waals surface area contributed by atoms with Gasteiger partial charge in [0.05, 0.1) is 26.7 Å². The number of benzene rings is 4. The van der Waals surface area contributed by atoms with Crippen LogP contribution in [-0.2, 0) is 0 Å². The van der Waals surface area contributed by atoms with E-state index >= 15 is 0 Å². The lowest BCUT2D eigenvalue weighted by Gasteiger charge is -2.29. The zero-order valence-corrected chi connectivity index (χ0v) is 29.6. The van der Waals surface area contributed by atoms with Crippen molar-refractivity contribution in [2.75, 3.05) is 6.54 Å². The lowest BCUT2D eigenvalue weighted by Crippen LogP contribution is -2.51. The van der Waals surface area contributed by atoms with E-state index < -0.39 is 36.0 Å². The maximum Gasteiger partial charge on any atom is 0.343 e.